The third kappa shape index (κ3) is 6.49. The van der Waals surface area contributed by atoms with E-state index in [-0.39, 0.29) is 0 Å². The molecule has 0 radical (unpaired) electrons. The van der Waals surface area contributed by atoms with Crippen LogP contribution < -0.4 is 14.8 Å². The van der Waals surface area contributed by atoms with Gasteiger partial charge in [-0.25, -0.2) is 0 Å². The molecule has 0 heterocycles. The molecule has 0 saturated carbocycles. The first kappa shape index (κ1) is 19.9. The molecule has 1 aromatic carbocycles. The van der Waals surface area contributed by atoms with Crippen LogP contribution in [0.1, 0.15) is 25.3 Å². The van der Waals surface area contributed by atoms with Crippen molar-refractivity contribution < 1.29 is 19.4 Å². The maximum absolute atomic E-state index is 11.3. The first-order valence-electron chi connectivity index (χ1n) is 7.47. The highest BCUT2D eigenvalue weighted by Crippen LogP contribution is 2.33. The molecule has 5 nitrogen and oxygen atoms in total. The van der Waals surface area contributed by atoms with E-state index < -0.39 is 12.0 Å². The van der Waals surface area contributed by atoms with Crippen LogP contribution in [0.3, 0.4) is 0 Å². The lowest BCUT2D eigenvalue weighted by molar-refractivity contribution is -0.139. The molecule has 0 spiro atoms. The fourth-order valence-electron chi connectivity index (χ4n) is 1.98. The van der Waals surface area contributed by atoms with Crippen molar-refractivity contribution in [2.75, 3.05) is 25.7 Å². The SMILES string of the molecule is CCCOc1cc(Cl)c(CNC(CCSC)C(=O)O)cc1OC. The summed E-state index contributed by atoms with van der Waals surface area (Å²) in [5.74, 6) is 1.12. The molecule has 0 bridgehead atoms. The summed E-state index contributed by atoms with van der Waals surface area (Å²) in [5.41, 5.74) is 0.780. The summed E-state index contributed by atoms with van der Waals surface area (Å²) in [6.45, 7) is 2.96. The van der Waals surface area contributed by atoms with Gasteiger partial charge in [-0.15, -0.1) is 0 Å². The van der Waals surface area contributed by atoms with E-state index in [0.29, 0.717) is 36.1 Å². The second-order valence-electron chi connectivity index (χ2n) is 5.00. The van der Waals surface area contributed by atoms with Crippen molar-refractivity contribution in [3.63, 3.8) is 0 Å². The number of methoxy groups -OCH3 is 1. The van der Waals surface area contributed by atoms with Gasteiger partial charge in [0.15, 0.2) is 11.5 Å². The van der Waals surface area contributed by atoms with Gasteiger partial charge in [-0.3, -0.25) is 4.79 Å². The Morgan fingerprint density at radius 2 is 2.17 bits per heavy atom. The Balaban J connectivity index is 2.81. The minimum Gasteiger partial charge on any atom is -0.493 e. The number of aliphatic carboxylic acids is 1. The van der Waals surface area contributed by atoms with E-state index in [9.17, 15) is 9.90 Å². The Labute approximate surface area is 146 Å². The average Bonchev–Trinajstić information content (AvgIpc) is 2.53. The standard InChI is InChI=1S/C16H24ClNO4S/c1-4-6-22-15-9-12(17)11(8-14(15)21-2)10-18-13(16(19)20)5-7-23-3/h8-9,13,18H,4-7,10H2,1-3H3,(H,19,20). The zero-order valence-electron chi connectivity index (χ0n) is 13.7. The summed E-state index contributed by atoms with van der Waals surface area (Å²) in [6, 6.07) is 2.90. The number of carboxylic acids is 1. The molecule has 1 atom stereocenters. The van der Waals surface area contributed by atoms with Gasteiger partial charge >= 0.3 is 5.97 Å². The Morgan fingerprint density at radius 3 is 2.74 bits per heavy atom. The van der Waals surface area contributed by atoms with E-state index in [1.54, 1.807) is 31.0 Å². The van der Waals surface area contributed by atoms with E-state index in [4.69, 9.17) is 21.1 Å². The van der Waals surface area contributed by atoms with Gasteiger partial charge < -0.3 is 19.9 Å². The first-order chi connectivity index (χ1) is 11.0. The fourth-order valence-corrected chi connectivity index (χ4v) is 2.67. The zero-order chi connectivity index (χ0) is 17.2. The van der Waals surface area contributed by atoms with Crippen molar-refractivity contribution in [2.45, 2.75) is 32.4 Å². The minimum atomic E-state index is -0.856. The molecule has 7 heteroatoms. The second-order valence-corrected chi connectivity index (χ2v) is 6.39. The van der Waals surface area contributed by atoms with E-state index in [1.165, 1.54) is 0 Å². The van der Waals surface area contributed by atoms with Gasteiger partial charge in [0.05, 0.1) is 13.7 Å². The molecule has 23 heavy (non-hydrogen) atoms. The molecular weight excluding hydrogens is 338 g/mol. The van der Waals surface area contributed by atoms with Gasteiger partial charge in [0.2, 0.25) is 0 Å². The summed E-state index contributed by atoms with van der Waals surface area (Å²) in [6.07, 6.45) is 3.40. The predicted molar refractivity (Wildman–Crippen MR) is 95.1 cm³/mol. The molecule has 1 aromatic rings. The van der Waals surface area contributed by atoms with Crippen LogP contribution in [-0.2, 0) is 11.3 Å². The third-order valence-corrected chi connectivity index (χ3v) is 4.24. The maximum atomic E-state index is 11.3. The molecular formula is C16H24ClNO4S. The predicted octanol–water partition coefficient (Wildman–Crippen LogP) is 3.43. The van der Waals surface area contributed by atoms with Gasteiger partial charge in [0.1, 0.15) is 6.04 Å². The van der Waals surface area contributed by atoms with Crippen molar-refractivity contribution in [1.29, 1.82) is 0 Å². The number of hydrogen-bond donors (Lipinski definition) is 2. The molecule has 1 rings (SSSR count). The summed E-state index contributed by atoms with van der Waals surface area (Å²) in [7, 11) is 1.57. The van der Waals surface area contributed by atoms with Crippen LogP contribution in [0.2, 0.25) is 5.02 Å². The largest absolute Gasteiger partial charge is 0.493 e. The number of halogens is 1. The number of hydrogen-bond acceptors (Lipinski definition) is 5. The van der Waals surface area contributed by atoms with Crippen LogP contribution >= 0.6 is 23.4 Å². The highest BCUT2D eigenvalue weighted by atomic mass is 35.5. The lowest BCUT2D eigenvalue weighted by atomic mass is 10.1. The van der Waals surface area contributed by atoms with Crippen LogP contribution in [-0.4, -0.2) is 42.8 Å². The Bertz CT molecular complexity index is 513. The van der Waals surface area contributed by atoms with Crippen LogP contribution in [0.5, 0.6) is 11.5 Å². The normalized spacial score (nSPS) is 12.0. The molecule has 0 fully saturated rings. The van der Waals surface area contributed by atoms with Crippen molar-refractivity contribution in [1.82, 2.24) is 5.32 Å². The first-order valence-corrected chi connectivity index (χ1v) is 9.25. The molecule has 0 saturated heterocycles. The zero-order valence-corrected chi connectivity index (χ0v) is 15.3. The smallest absolute Gasteiger partial charge is 0.320 e. The van der Waals surface area contributed by atoms with Crippen molar-refractivity contribution >= 4 is 29.3 Å². The Morgan fingerprint density at radius 1 is 1.43 bits per heavy atom. The third-order valence-electron chi connectivity index (χ3n) is 3.24. The summed E-state index contributed by atoms with van der Waals surface area (Å²) >= 11 is 7.90. The Hall–Kier alpha value is -1.11. The fraction of sp³-hybridized carbons (Fsp3) is 0.562. The molecule has 0 aromatic heterocycles. The van der Waals surface area contributed by atoms with Crippen LogP contribution in [0.4, 0.5) is 0 Å². The Kier molecular flexibility index (Phi) is 9.21. The highest BCUT2D eigenvalue weighted by molar-refractivity contribution is 7.98. The van der Waals surface area contributed by atoms with Crippen molar-refractivity contribution in [2.24, 2.45) is 0 Å². The molecule has 1 unspecified atom stereocenters. The summed E-state index contributed by atoms with van der Waals surface area (Å²) in [4.78, 5) is 11.3. The molecule has 130 valence electrons. The number of nitrogens with one attached hydrogen (secondary N) is 1. The lowest BCUT2D eigenvalue weighted by Gasteiger charge is -2.17. The minimum absolute atomic E-state index is 0.356. The summed E-state index contributed by atoms with van der Waals surface area (Å²) in [5, 5.41) is 12.8. The molecule has 0 aliphatic rings. The van der Waals surface area contributed by atoms with E-state index in [2.05, 4.69) is 5.32 Å². The number of benzene rings is 1. The van der Waals surface area contributed by atoms with E-state index in [1.807, 2.05) is 13.2 Å². The van der Waals surface area contributed by atoms with Crippen molar-refractivity contribution in [3.05, 3.63) is 22.7 Å². The van der Waals surface area contributed by atoms with Gasteiger partial charge in [-0.1, -0.05) is 18.5 Å². The van der Waals surface area contributed by atoms with Gasteiger partial charge in [-0.2, -0.15) is 11.8 Å². The highest BCUT2D eigenvalue weighted by Gasteiger charge is 2.17. The lowest BCUT2D eigenvalue weighted by Crippen LogP contribution is -2.36. The number of rotatable bonds is 11. The quantitative estimate of drug-likeness (QED) is 0.629. The molecule has 0 amide bonds. The van der Waals surface area contributed by atoms with Gasteiger partial charge in [0, 0.05) is 17.6 Å². The number of carbonyl (C=O) groups is 1. The van der Waals surface area contributed by atoms with Crippen LogP contribution in [0.15, 0.2) is 12.1 Å². The van der Waals surface area contributed by atoms with Crippen molar-refractivity contribution in [3.8, 4) is 11.5 Å². The average molecular weight is 362 g/mol. The van der Waals surface area contributed by atoms with Gasteiger partial charge in [0.25, 0.3) is 0 Å². The summed E-state index contributed by atoms with van der Waals surface area (Å²) < 4.78 is 10.9. The number of ether oxygens (including phenoxy) is 2. The molecule has 2 N–H and O–H groups in total. The topological polar surface area (TPSA) is 67.8 Å². The number of thioether (sulfide) groups is 1. The molecule has 0 aliphatic heterocycles. The van der Waals surface area contributed by atoms with Gasteiger partial charge in [-0.05, 0) is 36.5 Å². The van der Waals surface area contributed by atoms with E-state index >= 15 is 0 Å². The maximum Gasteiger partial charge on any atom is 0.320 e. The monoisotopic (exact) mass is 361 g/mol. The van der Waals surface area contributed by atoms with Crippen LogP contribution in [0.25, 0.3) is 0 Å². The second kappa shape index (κ2) is 10.6. The van der Waals surface area contributed by atoms with E-state index in [0.717, 1.165) is 17.7 Å². The number of carboxylic acid groups (broad SMARTS) is 1. The molecule has 0 aliphatic carbocycles. The van der Waals surface area contributed by atoms with Crippen LogP contribution in [0, 0.1) is 0 Å².